The Bertz CT molecular complexity index is 1020. The highest BCUT2D eigenvalue weighted by molar-refractivity contribution is 5.86. The second-order valence-electron chi connectivity index (χ2n) is 4.36. The number of nitrogens with two attached hydrogens (primary N) is 3. The number of fused-ring (bicyclic) bond motifs is 1. The predicted octanol–water partition coefficient (Wildman–Crippen LogP) is 0.248. The van der Waals surface area contributed by atoms with Crippen LogP contribution in [-0.2, 0) is 0 Å². The van der Waals surface area contributed by atoms with Gasteiger partial charge in [0.15, 0.2) is 23.3 Å². The van der Waals surface area contributed by atoms with Crippen LogP contribution >= 0.6 is 0 Å². The van der Waals surface area contributed by atoms with Crippen molar-refractivity contribution in [2.75, 3.05) is 0 Å². The van der Waals surface area contributed by atoms with Crippen LogP contribution < -0.4 is 27.6 Å². The first-order valence-corrected chi connectivity index (χ1v) is 5.72. The van der Waals surface area contributed by atoms with Crippen molar-refractivity contribution in [3.05, 3.63) is 45.3 Å². The summed E-state index contributed by atoms with van der Waals surface area (Å²) >= 11 is 0. The van der Waals surface area contributed by atoms with Crippen LogP contribution in [0.2, 0.25) is 0 Å². The summed E-state index contributed by atoms with van der Waals surface area (Å²) in [4.78, 5) is 0. The van der Waals surface area contributed by atoms with Gasteiger partial charge < -0.3 is 17.2 Å². The summed E-state index contributed by atoms with van der Waals surface area (Å²) in [5.74, 6) is -13.1. The van der Waals surface area contributed by atoms with Crippen LogP contribution in [0.4, 0.5) is 26.3 Å². The number of hydrogen-bond donors (Lipinski definition) is 3. The quantitative estimate of drug-likeness (QED) is 0.475. The Hall–Kier alpha value is -3.09. The van der Waals surface area contributed by atoms with E-state index in [9.17, 15) is 26.3 Å². The molecule has 0 spiro atoms. The molecule has 6 N–H and O–H groups in total. The molecule has 0 saturated carbocycles. The monoisotopic (exact) mass is 332 g/mol. The van der Waals surface area contributed by atoms with Gasteiger partial charge in [-0.15, -0.1) is 0 Å². The Balaban J connectivity index is 3.42. The van der Waals surface area contributed by atoms with Gasteiger partial charge in [0.1, 0.15) is 29.2 Å². The van der Waals surface area contributed by atoms with Gasteiger partial charge in [0.25, 0.3) is 0 Å². The highest BCUT2D eigenvalue weighted by Gasteiger charge is 2.27. The number of nitrogens with zero attached hydrogens (tertiary/aromatic N) is 1. The lowest BCUT2D eigenvalue weighted by Gasteiger charge is -2.09. The van der Waals surface area contributed by atoms with E-state index in [0.717, 1.165) is 6.07 Å². The standard InChI is InChI=1S/C13H6F6N4/c14-7-3(2(21)1-20)9(16)10(17)5-4(7)11(18)12(19)6(8(5)15)13(22)23/h21-23H2/b3-2-. The van der Waals surface area contributed by atoms with Crippen LogP contribution in [0, 0.1) is 46.2 Å². The van der Waals surface area contributed by atoms with E-state index in [1.807, 2.05) is 0 Å². The minimum atomic E-state index is -2.08. The summed E-state index contributed by atoms with van der Waals surface area (Å²) in [5, 5.41) is 2.65. The first-order valence-electron chi connectivity index (χ1n) is 5.72. The molecule has 0 radical (unpaired) electrons. The second kappa shape index (κ2) is 5.28. The summed E-state index contributed by atoms with van der Waals surface area (Å²) in [6.07, 6.45) is 0. The minimum absolute atomic E-state index is 1.06. The van der Waals surface area contributed by atoms with E-state index in [1.54, 1.807) is 0 Å². The average molecular weight is 332 g/mol. The third kappa shape index (κ3) is 2.09. The van der Waals surface area contributed by atoms with Crippen LogP contribution in [0.25, 0.3) is 22.3 Å². The molecular formula is C13H6F6N4. The van der Waals surface area contributed by atoms with Crippen LogP contribution in [0.1, 0.15) is 0 Å². The molecule has 0 fully saturated rings. The first-order chi connectivity index (χ1) is 10.6. The predicted molar refractivity (Wildman–Crippen MR) is 67.9 cm³/mol. The van der Waals surface area contributed by atoms with E-state index in [1.165, 1.54) is 0 Å². The van der Waals surface area contributed by atoms with E-state index in [0.29, 0.717) is 0 Å². The van der Waals surface area contributed by atoms with Gasteiger partial charge in [0.2, 0.25) is 0 Å². The van der Waals surface area contributed by atoms with Crippen LogP contribution in [0.5, 0.6) is 0 Å². The van der Waals surface area contributed by atoms with Crippen LogP contribution in [0.15, 0.2) is 0 Å². The summed E-state index contributed by atoms with van der Waals surface area (Å²) in [6, 6.07) is 1.13. The molecule has 0 aliphatic carbocycles. The molecule has 0 unspecified atom stereocenters. The SMILES string of the molecule is N#C/C(N)=c1/c(F)c(F)c2c(F)c(=C(N)N)c(F)c(F)c2c1F. The van der Waals surface area contributed by atoms with Crippen molar-refractivity contribution in [2.45, 2.75) is 0 Å². The lowest BCUT2D eigenvalue weighted by Crippen LogP contribution is -2.30. The topological polar surface area (TPSA) is 102 Å². The number of benzene rings is 2. The third-order valence-electron chi connectivity index (χ3n) is 3.07. The normalized spacial score (nSPS) is 12.2. The number of rotatable bonds is 0. The molecule has 0 heterocycles. The smallest absolute Gasteiger partial charge is 0.173 e. The maximum Gasteiger partial charge on any atom is 0.173 e. The highest BCUT2D eigenvalue weighted by atomic mass is 19.2. The molecule has 2 aromatic carbocycles. The maximum atomic E-state index is 14.2. The largest absolute Gasteiger partial charge is 0.390 e. The molecule has 2 rings (SSSR count). The fraction of sp³-hybridized carbons (Fsp3) is 0. The zero-order valence-electron chi connectivity index (χ0n) is 10.9. The van der Waals surface area contributed by atoms with Crippen LogP contribution in [-0.4, -0.2) is 0 Å². The van der Waals surface area contributed by atoms with E-state index in [4.69, 9.17) is 22.5 Å². The minimum Gasteiger partial charge on any atom is -0.390 e. The van der Waals surface area contributed by atoms with Crippen molar-refractivity contribution in [1.29, 1.82) is 5.26 Å². The summed E-state index contributed by atoms with van der Waals surface area (Å²) < 4.78 is 84.0. The van der Waals surface area contributed by atoms with Gasteiger partial charge in [-0.2, -0.15) is 5.26 Å². The third-order valence-corrected chi connectivity index (χ3v) is 3.07. The fourth-order valence-corrected chi connectivity index (χ4v) is 2.06. The van der Waals surface area contributed by atoms with Crippen molar-refractivity contribution in [1.82, 2.24) is 0 Å². The zero-order chi connectivity index (χ0) is 17.6. The van der Waals surface area contributed by atoms with Crippen LogP contribution in [0.3, 0.4) is 0 Å². The highest BCUT2D eigenvalue weighted by Crippen LogP contribution is 2.26. The Labute approximate surface area is 123 Å². The Morgan fingerprint density at radius 2 is 1.04 bits per heavy atom. The molecule has 0 aromatic heterocycles. The van der Waals surface area contributed by atoms with E-state index in [-0.39, 0.29) is 0 Å². The molecule has 120 valence electrons. The Kier molecular flexibility index (Phi) is 3.73. The number of nitriles is 1. The van der Waals surface area contributed by atoms with Gasteiger partial charge in [-0.1, -0.05) is 0 Å². The molecular weight excluding hydrogens is 326 g/mol. The van der Waals surface area contributed by atoms with Crippen molar-refractivity contribution in [3.63, 3.8) is 0 Å². The van der Waals surface area contributed by atoms with Crippen molar-refractivity contribution < 1.29 is 26.3 Å². The van der Waals surface area contributed by atoms with Crippen molar-refractivity contribution in [2.24, 2.45) is 17.2 Å². The Morgan fingerprint density at radius 1 is 0.652 bits per heavy atom. The summed E-state index contributed by atoms with van der Waals surface area (Å²) in [5.41, 5.74) is 13.8. The summed E-state index contributed by atoms with van der Waals surface area (Å²) in [7, 11) is 0. The molecule has 23 heavy (non-hydrogen) atoms. The molecule has 0 bridgehead atoms. The molecule has 2 aromatic rings. The van der Waals surface area contributed by atoms with Gasteiger partial charge >= 0.3 is 0 Å². The van der Waals surface area contributed by atoms with E-state index < -0.39 is 67.6 Å². The van der Waals surface area contributed by atoms with Crippen molar-refractivity contribution >= 4 is 22.3 Å². The fourth-order valence-electron chi connectivity index (χ4n) is 2.06. The van der Waals surface area contributed by atoms with Gasteiger partial charge in [-0.3, -0.25) is 0 Å². The second-order valence-corrected chi connectivity index (χ2v) is 4.36. The number of halogens is 6. The maximum absolute atomic E-state index is 14.2. The lowest BCUT2D eigenvalue weighted by molar-refractivity contribution is 0.470. The first kappa shape index (κ1) is 16.3. The molecule has 0 aliphatic rings. The molecule has 0 amide bonds. The molecule has 4 nitrogen and oxygen atoms in total. The summed E-state index contributed by atoms with van der Waals surface area (Å²) in [6.45, 7) is 0. The van der Waals surface area contributed by atoms with Crippen molar-refractivity contribution in [3.8, 4) is 6.07 Å². The van der Waals surface area contributed by atoms with E-state index in [2.05, 4.69) is 0 Å². The zero-order valence-corrected chi connectivity index (χ0v) is 10.9. The molecule has 0 saturated heterocycles. The molecule has 0 atom stereocenters. The molecule has 0 aliphatic heterocycles. The number of hydrogen-bond acceptors (Lipinski definition) is 4. The van der Waals surface area contributed by atoms with Gasteiger partial charge in [0, 0.05) is 0 Å². The average Bonchev–Trinajstić information content (AvgIpc) is 2.48. The lowest BCUT2D eigenvalue weighted by atomic mass is 10.0. The Morgan fingerprint density at radius 3 is 1.43 bits per heavy atom. The van der Waals surface area contributed by atoms with E-state index >= 15 is 0 Å². The van der Waals surface area contributed by atoms with Gasteiger partial charge in [0.05, 0.1) is 21.2 Å². The van der Waals surface area contributed by atoms with Gasteiger partial charge in [-0.05, 0) is 0 Å². The molecule has 10 heteroatoms. The van der Waals surface area contributed by atoms with Gasteiger partial charge in [-0.25, -0.2) is 26.3 Å².